The Bertz CT molecular complexity index is 1250. The van der Waals surface area contributed by atoms with Crippen LogP contribution in [0, 0.1) is 0 Å². The van der Waals surface area contributed by atoms with Gasteiger partial charge >= 0.3 is 0 Å². The van der Waals surface area contributed by atoms with Gasteiger partial charge in [0.15, 0.2) is 0 Å². The predicted molar refractivity (Wildman–Crippen MR) is 123 cm³/mol. The van der Waals surface area contributed by atoms with Gasteiger partial charge in [0.2, 0.25) is 0 Å². The second kappa shape index (κ2) is 7.89. The molecular weight excluding hydrogens is 404 g/mol. The molecule has 0 unspecified atom stereocenters. The van der Waals surface area contributed by atoms with E-state index in [-0.39, 0.29) is 11.8 Å². The number of benzene rings is 3. The van der Waals surface area contributed by atoms with Gasteiger partial charge in [-0.2, -0.15) is 0 Å². The molecule has 3 aromatic rings. The smallest absolute Gasteiger partial charge is 0.282 e. The molecule has 2 heterocycles. The summed E-state index contributed by atoms with van der Waals surface area (Å²) in [5.74, 6) is 0.415. The Kier molecular flexibility index (Phi) is 4.90. The molecule has 3 aromatic carbocycles. The number of carbonyl (C=O) groups excluding carboxylic acids is 2. The number of hydrogen-bond acceptors (Lipinski definition) is 5. The summed E-state index contributed by atoms with van der Waals surface area (Å²) in [7, 11) is 3.12. The zero-order chi connectivity index (χ0) is 22.2. The number of ether oxygens (including phenoxy) is 2. The van der Waals surface area contributed by atoms with Crippen molar-refractivity contribution >= 4 is 28.8 Å². The molecule has 2 aliphatic rings. The molecule has 0 saturated heterocycles. The highest BCUT2D eigenvalue weighted by Gasteiger charge is 2.44. The van der Waals surface area contributed by atoms with E-state index >= 15 is 0 Å². The van der Waals surface area contributed by atoms with E-state index in [0.29, 0.717) is 40.6 Å². The van der Waals surface area contributed by atoms with Gasteiger partial charge < -0.3 is 14.4 Å². The molecule has 0 fully saturated rings. The molecule has 6 heteroatoms. The van der Waals surface area contributed by atoms with Gasteiger partial charge in [0.25, 0.3) is 11.8 Å². The van der Waals surface area contributed by atoms with E-state index in [1.165, 1.54) is 12.0 Å². The second-order valence-electron chi connectivity index (χ2n) is 7.60. The van der Waals surface area contributed by atoms with E-state index < -0.39 is 0 Å². The Morgan fingerprint density at radius 2 is 1.44 bits per heavy atom. The standard InChI is InChI=1S/C26H22N2O4/c1-31-19-13-11-18(12-14-19)23-24(27-16-15-17-7-3-4-8-20(17)27)26(30)28(25(23)29)21-9-5-6-10-22(21)32-2/h3-14H,15-16H2,1-2H3. The third-order valence-electron chi connectivity index (χ3n) is 5.92. The molecule has 0 atom stereocenters. The zero-order valence-corrected chi connectivity index (χ0v) is 17.9. The average molecular weight is 426 g/mol. The minimum absolute atomic E-state index is 0.359. The Morgan fingerprint density at radius 3 is 2.16 bits per heavy atom. The molecule has 0 N–H and O–H groups in total. The highest BCUT2D eigenvalue weighted by atomic mass is 16.5. The summed E-state index contributed by atoms with van der Waals surface area (Å²) in [6.45, 7) is 0.632. The van der Waals surface area contributed by atoms with Gasteiger partial charge in [-0.25, -0.2) is 4.90 Å². The van der Waals surface area contributed by atoms with Gasteiger partial charge in [0.05, 0.1) is 25.5 Å². The number of rotatable bonds is 5. The maximum atomic E-state index is 13.8. The number of imide groups is 1. The van der Waals surface area contributed by atoms with Gasteiger partial charge in [-0.05, 0) is 47.9 Å². The van der Waals surface area contributed by atoms with Crippen molar-refractivity contribution in [2.24, 2.45) is 0 Å². The Hall–Kier alpha value is -4.06. The lowest BCUT2D eigenvalue weighted by Gasteiger charge is -2.22. The summed E-state index contributed by atoms with van der Waals surface area (Å²) in [4.78, 5) is 30.7. The highest BCUT2D eigenvalue weighted by Crippen LogP contribution is 2.42. The monoisotopic (exact) mass is 426 g/mol. The summed E-state index contributed by atoms with van der Waals surface area (Å²) in [5.41, 5.74) is 3.97. The SMILES string of the molecule is COc1ccc(C2=C(N3CCc4ccccc43)C(=O)N(c3ccccc3OC)C2=O)cc1. The lowest BCUT2D eigenvalue weighted by atomic mass is 10.0. The summed E-state index contributed by atoms with van der Waals surface area (Å²) in [6.07, 6.45) is 0.811. The van der Waals surface area contributed by atoms with Gasteiger partial charge in [-0.3, -0.25) is 9.59 Å². The number of amides is 2. The fourth-order valence-corrected chi connectivity index (χ4v) is 4.39. The van der Waals surface area contributed by atoms with Crippen molar-refractivity contribution in [3.63, 3.8) is 0 Å². The van der Waals surface area contributed by atoms with Crippen LogP contribution in [0.3, 0.4) is 0 Å². The van der Waals surface area contributed by atoms with Gasteiger partial charge in [0, 0.05) is 12.2 Å². The van der Waals surface area contributed by atoms with E-state index in [4.69, 9.17) is 9.47 Å². The first-order valence-corrected chi connectivity index (χ1v) is 10.4. The quantitative estimate of drug-likeness (QED) is 0.576. The Morgan fingerprint density at radius 1 is 0.750 bits per heavy atom. The van der Waals surface area contributed by atoms with Crippen LogP contribution in [0.25, 0.3) is 5.57 Å². The van der Waals surface area contributed by atoms with Gasteiger partial charge in [0.1, 0.15) is 17.2 Å². The minimum atomic E-state index is -0.371. The number of nitrogens with zero attached hydrogens (tertiary/aromatic N) is 2. The van der Waals surface area contributed by atoms with Crippen LogP contribution >= 0.6 is 0 Å². The van der Waals surface area contributed by atoms with E-state index in [9.17, 15) is 9.59 Å². The van der Waals surface area contributed by atoms with Crippen LogP contribution in [0.5, 0.6) is 11.5 Å². The van der Waals surface area contributed by atoms with Crippen LogP contribution in [-0.4, -0.2) is 32.6 Å². The fraction of sp³-hybridized carbons (Fsp3) is 0.154. The van der Waals surface area contributed by atoms with E-state index in [1.807, 2.05) is 41.3 Å². The lowest BCUT2D eigenvalue weighted by molar-refractivity contribution is -0.120. The van der Waals surface area contributed by atoms with E-state index in [0.717, 1.165) is 17.7 Å². The maximum absolute atomic E-state index is 13.8. The van der Waals surface area contributed by atoms with Crippen LogP contribution < -0.4 is 19.3 Å². The number of fused-ring (bicyclic) bond motifs is 1. The molecule has 6 nitrogen and oxygen atoms in total. The van der Waals surface area contributed by atoms with E-state index in [2.05, 4.69) is 6.07 Å². The molecule has 2 aliphatic heterocycles. The highest BCUT2D eigenvalue weighted by molar-refractivity contribution is 6.46. The van der Waals surface area contributed by atoms with Crippen molar-refractivity contribution in [2.75, 3.05) is 30.6 Å². The molecule has 0 aromatic heterocycles. The lowest BCUT2D eigenvalue weighted by Crippen LogP contribution is -2.35. The summed E-state index contributed by atoms with van der Waals surface area (Å²) < 4.78 is 10.7. The topological polar surface area (TPSA) is 59.1 Å². The maximum Gasteiger partial charge on any atom is 0.282 e. The first-order valence-electron chi connectivity index (χ1n) is 10.4. The van der Waals surface area contributed by atoms with Gasteiger partial charge in [-0.1, -0.05) is 42.5 Å². The Labute approximate surface area is 186 Å². The molecule has 160 valence electrons. The van der Waals surface area contributed by atoms with Crippen molar-refractivity contribution in [3.05, 3.63) is 89.6 Å². The molecule has 0 spiro atoms. The molecule has 5 rings (SSSR count). The molecule has 0 bridgehead atoms. The third kappa shape index (κ3) is 3.03. The third-order valence-corrected chi connectivity index (χ3v) is 5.92. The normalized spacial score (nSPS) is 15.4. The van der Waals surface area contributed by atoms with Crippen LogP contribution in [0.15, 0.2) is 78.5 Å². The summed E-state index contributed by atoms with van der Waals surface area (Å²) in [5, 5.41) is 0. The van der Waals surface area contributed by atoms with Crippen LogP contribution in [0.4, 0.5) is 11.4 Å². The zero-order valence-electron chi connectivity index (χ0n) is 17.9. The van der Waals surface area contributed by atoms with Crippen molar-refractivity contribution in [1.82, 2.24) is 0 Å². The number of methoxy groups -OCH3 is 2. The molecule has 32 heavy (non-hydrogen) atoms. The average Bonchev–Trinajstić information content (AvgIpc) is 3.37. The molecule has 0 radical (unpaired) electrons. The first kappa shape index (κ1) is 19.9. The molecular formula is C26H22N2O4. The van der Waals surface area contributed by atoms with Crippen molar-refractivity contribution < 1.29 is 19.1 Å². The molecule has 0 saturated carbocycles. The molecule has 0 aliphatic carbocycles. The predicted octanol–water partition coefficient (Wildman–Crippen LogP) is 4.05. The Balaban J connectivity index is 1.69. The number of carbonyl (C=O) groups is 2. The minimum Gasteiger partial charge on any atom is -0.497 e. The second-order valence-corrected chi connectivity index (χ2v) is 7.60. The number of para-hydroxylation sites is 3. The van der Waals surface area contributed by atoms with Crippen molar-refractivity contribution in [1.29, 1.82) is 0 Å². The van der Waals surface area contributed by atoms with Gasteiger partial charge in [-0.15, -0.1) is 0 Å². The first-order chi connectivity index (χ1) is 15.6. The van der Waals surface area contributed by atoms with Crippen molar-refractivity contribution in [2.45, 2.75) is 6.42 Å². The number of hydrogen-bond donors (Lipinski definition) is 0. The fourth-order valence-electron chi connectivity index (χ4n) is 4.39. The van der Waals surface area contributed by atoms with Crippen molar-refractivity contribution in [3.8, 4) is 11.5 Å². The van der Waals surface area contributed by atoms with Crippen LogP contribution in [0.2, 0.25) is 0 Å². The van der Waals surface area contributed by atoms with Crippen LogP contribution in [0.1, 0.15) is 11.1 Å². The van der Waals surface area contributed by atoms with E-state index in [1.54, 1.807) is 37.4 Å². The summed E-state index contributed by atoms with van der Waals surface area (Å²) in [6, 6.07) is 22.3. The van der Waals surface area contributed by atoms with Crippen LogP contribution in [-0.2, 0) is 16.0 Å². The molecule has 2 amide bonds. The number of anilines is 2. The largest absolute Gasteiger partial charge is 0.497 e. The summed E-state index contributed by atoms with van der Waals surface area (Å²) >= 11 is 0.